The van der Waals surface area contributed by atoms with E-state index in [1.165, 1.54) is 34.9 Å². The Bertz CT molecular complexity index is 1630. The van der Waals surface area contributed by atoms with Crippen LogP contribution in [0, 0.1) is 5.92 Å². The first-order chi connectivity index (χ1) is 20.1. The van der Waals surface area contributed by atoms with Gasteiger partial charge in [0.15, 0.2) is 0 Å². The van der Waals surface area contributed by atoms with Crippen molar-refractivity contribution in [1.29, 1.82) is 0 Å². The molecule has 1 unspecified atom stereocenters. The Morgan fingerprint density at radius 3 is 2.67 bits per heavy atom. The zero-order chi connectivity index (χ0) is 30.0. The molecule has 1 aromatic carbocycles. The maximum absolute atomic E-state index is 13.6. The molecule has 3 aromatic rings. The van der Waals surface area contributed by atoms with E-state index in [1.54, 1.807) is 25.4 Å². The molecule has 15 heteroatoms. The molecule has 0 aliphatic carbocycles. The highest BCUT2D eigenvalue weighted by atomic mass is 35.5. The Morgan fingerprint density at radius 1 is 1.19 bits per heavy atom. The van der Waals surface area contributed by atoms with E-state index in [4.69, 9.17) is 16.3 Å². The van der Waals surface area contributed by atoms with Crippen LogP contribution in [0.3, 0.4) is 0 Å². The topological polar surface area (TPSA) is 150 Å². The molecule has 0 bridgehead atoms. The predicted octanol–water partition coefficient (Wildman–Crippen LogP) is 0.796. The predicted molar refractivity (Wildman–Crippen MR) is 157 cm³/mol. The van der Waals surface area contributed by atoms with Gasteiger partial charge in [0.1, 0.15) is 11.9 Å². The number of hydrogen-bond acceptors (Lipinski definition) is 8. The summed E-state index contributed by atoms with van der Waals surface area (Å²) in [6, 6.07) is 6.74. The third-order valence-corrected chi connectivity index (χ3v) is 9.99. The van der Waals surface area contributed by atoms with Crippen LogP contribution in [0.25, 0.3) is 10.9 Å². The quantitative estimate of drug-likeness (QED) is 0.334. The monoisotopic (exact) mass is 619 g/mol. The highest BCUT2D eigenvalue weighted by Crippen LogP contribution is 2.29. The van der Waals surface area contributed by atoms with Crippen molar-refractivity contribution >= 4 is 50.2 Å². The second-order valence-electron chi connectivity index (χ2n) is 10.6. The fraction of sp³-hybridized carbons (Fsp3) is 0.481. The average Bonchev–Trinajstić information content (AvgIpc) is 3.35. The Kier molecular flexibility index (Phi) is 8.87. The summed E-state index contributed by atoms with van der Waals surface area (Å²) < 4.78 is 34.7. The minimum absolute atomic E-state index is 0.00713. The van der Waals surface area contributed by atoms with Gasteiger partial charge in [0.05, 0.1) is 23.1 Å². The number of benzene rings is 1. The molecule has 0 saturated carbocycles. The van der Waals surface area contributed by atoms with Gasteiger partial charge >= 0.3 is 0 Å². The molecular formula is C27H34ClN7O6S. The number of fused-ring (bicyclic) bond motifs is 1. The Balaban J connectivity index is 1.32. The van der Waals surface area contributed by atoms with E-state index < -0.39 is 27.9 Å². The first-order valence-corrected chi connectivity index (χ1v) is 15.5. The van der Waals surface area contributed by atoms with Gasteiger partial charge in [-0.25, -0.2) is 13.1 Å². The van der Waals surface area contributed by atoms with Gasteiger partial charge in [0.2, 0.25) is 21.8 Å². The number of hydrogen-bond donors (Lipinski definition) is 2. The highest BCUT2D eigenvalue weighted by Gasteiger charge is 2.42. The summed E-state index contributed by atoms with van der Waals surface area (Å²) in [7, 11) is -0.967. The minimum Gasteiger partial charge on any atom is -0.383 e. The number of piperidine rings is 1. The molecule has 42 heavy (non-hydrogen) atoms. The number of rotatable bonds is 9. The number of halogens is 1. The summed E-state index contributed by atoms with van der Waals surface area (Å²) in [5.41, 5.74) is 0.372. The van der Waals surface area contributed by atoms with E-state index in [1.807, 2.05) is 0 Å². The van der Waals surface area contributed by atoms with Crippen LogP contribution in [0.15, 0.2) is 46.2 Å². The molecule has 1 atom stereocenters. The number of H-pyrrole nitrogens is 1. The van der Waals surface area contributed by atoms with Gasteiger partial charge in [-0.05, 0) is 43.0 Å². The third-order valence-electron chi connectivity index (χ3n) is 7.87. The van der Waals surface area contributed by atoms with Crippen molar-refractivity contribution in [3.8, 4) is 0 Å². The van der Waals surface area contributed by atoms with Crippen molar-refractivity contribution in [1.82, 2.24) is 29.3 Å². The molecule has 4 heterocycles. The number of ether oxygens (including phenoxy) is 1. The van der Waals surface area contributed by atoms with Gasteiger partial charge in [-0.2, -0.15) is 9.40 Å². The third kappa shape index (κ3) is 6.16. The molecule has 226 valence electrons. The highest BCUT2D eigenvalue weighted by molar-refractivity contribution is 7.89. The molecule has 2 aliphatic heterocycles. The smallest absolute Gasteiger partial charge is 0.266 e. The number of nitrogens with one attached hydrogen (secondary N) is 2. The Morgan fingerprint density at radius 2 is 1.95 bits per heavy atom. The van der Waals surface area contributed by atoms with Crippen molar-refractivity contribution in [2.75, 3.05) is 57.9 Å². The second kappa shape index (κ2) is 12.4. The molecule has 5 rings (SSSR count). The van der Waals surface area contributed by atoms with E-state index in [2.05, 4.69) is 20.3 Å². The fourth-order valence-corrected chi connectivity index (χ4v) is 7.11. The van der Waals surface area contributed by atoms with E-state index in [-0.39, 0.29) is 42.6 Å². The van der Waals surface area contributed by atoms with Gasteiger partial charge < -0.3 is 24.8 Å². The molecular weight excluding hydrogens is 586 g/mol. The number of methoxy groups -OCH3 is 1. The number of carbonyl (C=O) groups excluding carboxylic acids is 2. The molecule has 2 aliphatic rings. The van der Waals surface area contributed by atoms with Crippen molar-refractivity contribution < 1.29 is 22.7 Å². The molecule has 2 aromatic heterocycles. The molecule has 13 nitrogen and oxygen atoms in total. The summed E-state index contributed by atoms with van der Waals surface area (Å²) >= 11 is 6.15. The van der Waals surface area contributed by atoms with Gasteiger partial charge in [0.25, 0.3) is 5.56 Å². The van der Waals surface area contributed by atoms with Crippen molar-refractivity contribution in [3.63, 3.8) is 0 Å². The number of nitrogens with zero attached hydrogens (tertiary/aromatic N) is 5. The van der Waals surface area contributed by atoms with Crippen LogP contribution >= 0.6 is 11.6 Å². The van der Waals surface area contributed by atoms with Gasteiger partial charge in [-0.3, -0.25) is 14.4 Å². The molecule has 2 saturated heterocycles. The van der Waals surface area contributed by atoms with E-state index in [0.717, 1.165) is 17.1 Å². The SMILES string of the molecule is COCCNC(=O)C1CN(S(=O)(=O)c2ccc3c(Cl)c[nH]c3c2)CC(=O)N1CC1CCN(c2ccc(=O)n(C)n2)CC1. The van der Waals surface area contributed by atoms with Crippen molar-refractivity contribution in [2.45, 2.75) is 23.8 Å². The first-order valence-electron chi connectivity index (χ1n) is 13.7. The van der Waals surface area contributed by atoms with Gasteiger partial charge in [-0.1, -0.05) is 11.6 Å². The van der Waals surface area contributed by atoms with Crippen molar-refractivity contribution in [2.24, 2.45) is 13.0 Å². The maximum atomic E-state index is 13.6. The summed E-state index contributed by atoms with van der Waals surface area (Å²) in [5.74, 6) is -0.0440. The number of piperazine rings is 1. The van der Waals surface area contributed by atoms with Crippen LogP contribution in [-0.4, -0.2) is 103 Å². The standard InChI is InChI=1S/C27H34ClN7O6S/c1-32-25(36)6-5-24(31-32)33-10-7-18(8-11-33)15-35-23(27(38)29-9-12-41-2)16-34(17-26(35)37)42(39,40)19-3-4-20-21(28)14-30-22(20)13-19/h3-6,13-14,18,23,30H,7-12,15-17H2,1-2H3,(H,29,38). The number of sulfonamides is 1. The molecule has 0 radical (unpaired) electrons. The average molecular weight is 620 g/mol. The van der Waals surface area contributed by atoms with Crippen molar-refractivity contribution in [3.05, 3.63) is 51.9 Å². The molecule has 2 amide bonds. The number of anilines is 1. The van der Waals surface area contributed by atoms with Crippen LogP contribution in [0.4, 0.5) is 5.82 Å². The number of amides is 2. The van der Waals surface area contributed by atoms with Crippen LogP contribution in [0.5, 0.6) is 0 Å². The molecule has 0 spiro atoms. The van der Waals surface area contributed by atoms with E-state index in [0.29, 0.717) is 41.4 Å². The lowest BCUT2D eigenvalue weighted by Gasteiger charge is -2.42. The Hall–Kier alpha value is -3.46. The minimum atomic E-state index is -4.09. The van der Waals surface area contributed by atoms with Crippen LogP contribution in [0.2, 0.25) is 5.02 Å². The fourth-order valence-electron chi connectivity index (χ4n) is 5.46. The number of carbonyl (C=O) groups is 2. The second-order valence-corrected chi connectivity index (χ2v) is 12.9. The normalized spacial score (nSPS) is 19.0. The van der Waals surface area contributed by atoms with Crippen LogP contribution in [0.1, 0.15) is 12.8 Å². The number of aryl methyl sites for hydroxylation is 1. The Labute approximate surface area is 248 Å². The van der Waals surface area contributed by atoms with Crippen LogP contribution in [-0.2, 0) is 31.4 Å². The zero-order valence-corrected chi connectivity index (χ0v) is 25.0. The lowest BCUT2D eigenvalue weighted by Crippen LogP contribution is -2.63. The lowest BCUT2D eigenvalue weighted by atomic mass is 9.95. The maximum Gasteiger partial charge on any atom is 0.266 e. The van der Waals surface area contributed by atoms with E-state index >= 15 is 0 Å². The molecule has 2 N–H and O–H groups in total. The zero-order valence-electron chi connectivity index (χ0n) is 23.5. The van der Waals surface area contributed by atoms with E-state index in [9.17, 15) is 22.8 Å². The number of aromatic nitrogens is 3. The summed E-state index contributed by atoms with van der Waals surface area (Å²) in [4.78, 5) is 45.1. The summed E-state index contributed by atoms with van der Waals surface area (Å²) in [6.07, 6.45) is 3.06. The summed E-state index contributed by atoms with van der Waals surface area (Å²) in [5, 5.41) is 8.26. The summed E-state index contributed by atoms with van der Waals surface area (Å²) in [6.45, 7) is 1.66. The van der Waals surface area contributed by atoms with Gasteiger partial charge in [-0.15, -0.1) is 0 Å². The lowest BCUT2D eigenvalue weighted by molar-refractivity contribution is -0.145. The molecule has 2 fully saturated rings. The largest absolute Gasteiger partial charge is 0.383 e. The number of aromatic amines is 1. The van der Waals surface area contributed by atoms with Gasteiger partial charge in [0, 0.05) is 70.0 Å². The van der Waals surface area contributed by atoms with Crippen LogP contribution < -0.4 is 15.8 Å². The first kappa shape index (κ1) is 30.0.